The number of nitrogens with two attached hydrogens (primary N) is 1. The summed E-state index contributed by atoms with van der Waals surface area (Å²) in [4.78, 5) is 1.48. The molecule has 2 N–H and O–H groups in total. The van der Waals surface area contributed by atoms with Crippen LogP contribution in [0, 0.1) is 0 Å². The van der Waals surface area contributed by atoms with Gasteiger partial charge in [0, 0.05) is 23.6 Å². The SMILES string of the molecule is COc1ccc(Cl)cc1Cc1nnn(CCN)n1. The first-order valence-electron chi connectivity index (χ1n) is 5.52. The zero-order valence-electron chi connectivity index (χ0n) is 10.0. The highest BCUT2D eigenvalue weighted by molar-refractivity contribution is 6.30. The Morgan fingerprint density at radius 3 is 3.00 bits per heavy atom. The van der Waals surface area contributed by atoms with Gasteiger partial charge >= 0.3 is 0 Å². The monoisotopic (exact) mass is 267 g/mol. The van der Waals surface area contributed by atoms with Gasteiger partial charge in [0.15, 0.2) is 5.82 Å². The molecule has 0 amide bonds. The summed E-state index contributed by atoms with van der Waals surface area (Å²) < 4.78 is 5.27. The van der Waals surface area contributed by atoms with E-state index in [0.717, 1.165) is 11.3 Å². The molecule has 0 aliphatic carbocycles. The van der Waals surface area contributed by atoms with E-state index in [-0.39, 0.29) is 0 Å². The lowest BCUT2D eigenvalue weighted by Crippen LogP contribution is -2.12. The fourth-order valence-electron chi connectivity index (χ4n) is 1.61. The Bertz CT molecular complexity index is 528. The van der Waals surface area contributed by atoms with Crippen LogP contribution in [-0.2, 0) is 13.0 Å². The van der Waals surface area contributed by atoms with Crippen LogP contribution in [-0.4, -0.2) is 33.9 Å². The van der Waals surface area contributed by atoms with E-state index in [1.54, 1.807) is 13.2 Å². The highest BCUT2D eigenvalue weighted by atomic mass is 35.5. The van der Waals surface area contributed by atoms with Crippen molar-refractivity contribution in [2.24, 2.45) is 5.73 Å². The Labute approximate surface area is 110 Å². The van der Waals surface area contributed by atoms with Gasteiger partial charge in [-0.15, -0.1) is 10.2 Å². The van der Waals surface area contributed by atoms with Gasteiger partial charge in [-0.25, -0.2) is 0 Å². The molecule has 0 bridgehead atoms. The summed E-state index contributed by atoms with van der Waals surface area (Å²) in [7, 11) is 1.62. The van der Waals surface area contributed by atoms with Crippen molar-refractivity contribution in [1.29, 1.82) is 0 Å². The predicted molar refractivity (Wildman–Crippen MR) is 67.7 cm³/mol. The van der Waals surface area contributed by atoms with Gasteiger partial charge in [0.25, 0.3) is 0 Å². The molecule has 1 aromatic carbocycles. The summed E-state index contributed by atoms with van der Waals surface area (Å²) in [5.74, 6) is 1.37. The maximum atomic E-state index is 5.96. The molecule has 1 aromatic heterocycles. The molecule has 0 atom stereocenters. The number of hydrogen-bond donors (Lipinski definition) is 1. The summed E-state index contributed by atoms with van der Waals surface area (Å²) in [5, 5.41) is 12.7. The highest BCUT2D eigenvalue weighted by Gasteiger charge is 2.09. The first kappa shape index (κ1) is 12.8. The van der Waals surface area contributed by atoms with Gasteiger partial charge in [-0.1, -0.05) is 11.6 Å². The van der Waals surface area contributed by atoms with Crippen molar-refractivity contribution in [3.8, 4) is 5.75 Å². The van der Waals surface area contributed by atoms with Crippen LogP contribution in [0.25, 0.3) is 0 Å². The van der Waals surface area contributed by atoms with Crippen LogP contribution in [0.1, 0.15) is 11.4 Å². The number of hydrogen-bond acceptors (Lipinski definition) is 5. The Kier molecular flexibility index (Phi) is 4.11. The van der Waals surface area contributed by atoms with Crippen LogP contribution in [0.3, 0.4) is 0 Å². The molecule has 0 radical (unpaired) electrons. The Balaban J connectivity index is 2.19. The van der Waals surface area contributed by atoms with Crippen molar-refractivity contribution in [3.63, 3.8) is 0 Å². The number of rotatable bonds is 5. The van der Waals surface area contributed by atoms with E-state index >= 15 is 0 Å². The maximum absolute atomic E-state index is 5.96. The molecule has 7 heteroatoms. The van der Waals surface area contributed by atoms with Gasteiger partial charge in [-0.2, -0.15) is 4.80 Å². The standard InChI is InChI=1S/C11H14ClN5O/c1-18-10-3-2-9(12)6-8(10)7-11-14-16-17(15-11)5-4-13/h2-3,6H,4-5,7,13H2,1H3. The first-order valence-corrected chi connectivity index (χ1v) is 5.90. The average Bonchev–Trinajstić information content (AvgIpc) is 2.77. The number of aromatic nitrogens is 4. The van der Waals surface area contributed by atoms with Crippen molar-refractivity contribution in [2.75, 3.05) is 13.7 Å². The molecular formula is C11H14ClN5O. The molecule has 1 heterocycles. The van der Waals surface area contributed by atoms with E-state index in [0.29, 0.717) is 30.4 Å². The number of ether oxygens (including phenoxy) is 1. The predicted octanol–water partition coefficient (Wildman–Crippen LogP) is 0.885. The lowest BCUT2D eigenvalue weighted by Gasteiger charge is -2.06. The highest BCUT2D eigenvalue weighted by Crippen LogP contribution is 2.24. The van der Waals surface area contributed by atoms with Crippen molar-refractivity contribution in [2.45, 2.75) is 13.0 Å². The Hall–Kier alpha value is -1.66. The molecule has 6 nitrogen and oxygen atoms in total. The third-order valence-electron chi connectivity index (χ3n) is 2.41. The Morgan fingerprint density at radius 2 is 2.28 bits per heavy atom. The third-order valence-corrected chi connectivity index (χ3v) is 2.65. The summed E-state index contributed by atoms with van der Waals surface area (Å²) in [6.45, 7) is 1.04. The van der Waals surface area contributed by atoms with E-state index < -0.39 is 0 Å². The van der Waals surface area contributed by atoms with Gasteiger partial charge in [0.1, 0.15) is 5.75 Å². The molecule has 0 unspecified atom stereocenters. The fourth-order valence-corrected chi connectivity index (χ4v) is 1.81. The molecule has 2 aromatic rings. The lowest BCUT2D eigenvalue weighted by molar-refractivity contribution is 0.410. The van der Waals surface area contributed by atoms with Gasteiger partial charge < -0.3 is 10.5 Å². The maximum Gasteiger partial charge on any atom is 0.179 e. The van der Waals surface area contributed by atoms with Crippen LogP contribution >= 0.6 is 11.6 Å². The van der Waals surface area contributed by atoms with Crippen LogP contribution in [0.2, 0.25) is 5.02 Å². The van der Waals surface area contributed by atoms with Crippen LogP contribution in [0.4, 0.5) is 0 Å². The summed E-state index contributed by atoms with van der Waals surface area (Å²) in [6, 6.07) is 5.44. The van der Waals surface area contributed by atoms with Gasteiger partial charge in [-0.3, -0.25) is 0 Å². The number of benzene rings is 1. The minimum absolute atomic E-state index is 0.482. The van der Waals surface area contributed by atoms with Crippen LogP contribution in [0.15, 0.2) is 18.2 Å². The molecule has 0 spiro atoms. The molecule has 96 valence electrons. The quantitative estimate of drug-likeness (QED) is 0.870. The zero-order chi connectivity index (χ0) is 13.0. The van der Waals surface area contributed by atoms with Gasteiger partial charge in [0.05, 0.1) is 13.7 Å². The van der Waals surface area contributed by atoms with Crippen LogP contribution in [0.5, 0.6) is 5.75 Å². The van der Waals surface area contributed by atoms with Gasteiger partial charge in [0.2, 0.25) is 0 Å². The van der Waals surface area contributed by atoms with Crippen molar-refractivity contribution in [1.82, 2.24) is 20.2 Å². The first-order chi connectivity index (χ1) is 8.72. The van der Waals surface area contributed by atoms with Gasteiger partial charge in [-0.05, 0) is 23.4 Å². The number of nitrogens with zero attached hydrogens (tertiary/aromatic N) is 4. The zero-order valence-corrected chi connectivity index (χ0v) is 10.8. The summed E-state index contributed by atoms with van der Waals surface area (Å²) in [6.07, 6.45) is 0.522. The molecule has 0 aliphatic rings. The molecular weight excluding hydrogens is 254 g/mol. The molecule has 0 saturated heterocycles. The van der Waals surface area contributed by atoms with Crippen molar-refractivity contribution >= 4 is 11.6 Å². The third kappa shape index (κ3) is 2.96. The molecule has 0 aliphatic heterocycles. The summed E-state index contributed by atoms with van der Waals surface area (Å²) in [5.41, 5.74) is 6.35. The van der Waals surface area contributed by atoms with E-state index in [1.165, 1.54) is 4.80 Å². The summed E-state index contributed by atoms with van der Waals surface area (Å²) >= 11 is 5.96. The van der Waals surface area contributed by atoms with E-state index in [9.17, 15) is 0 Å². The molecule has 2 rings (SSSR count). The smallest absolute Gasteiger partial charge is 0.179 e. The van der Waals surface area contributed by atoms with E-state index in [4.69, 9.17) is 22.1 Å². The van der Waals surface area contributed by atoms with E-state index in [1.807, 2.05) is 12.1 Å². The molecule has 0 saturated carbocycles. The molecule has 0 fully saturated rings. The second kappa shape index (κ2) is 5.79. The topological polar surface area (TPSA) is 78.9 Å². The minimum atomic E-state index is 0.482. The van der Waals surface area contributed by atoms with Crippen LogP contribution < -0.4 is 10.5 Å². The lowest BCUT2D eigenvalue weighted by atomic mass is 10.1. The largest absolute Gasteiger partial charge is 0.496 e. The number of methoxy groups -OCH3 is 1. The van der Waals surface area contributed by atoms with Crippen molar-refractivity contribution in [3.05, 3.63) is 34.6 Å². The second-order valence-electron chi connectivity index (χ2n) is 3.72. The fraction of sp³-hybridized carbons (Fsp3) is 0.364. The average molecular weight is 268 g/mol. The second-order valence-corrected chi connectivity index (χ2v) is 4.16. The Morgan fingerprint density at radius 1 is 1.44 bits per heavy atom. The minimum Gasteiger partial charge on any atom is -0.496 e. The van der Waals surface area contributed by atoms with Crippen molar-refractivity contribution < 1.29 is 4.74 Å². The number of halogens is 1. The molecule has 18 heavy (non-hydrogen) atoms. The normalized spacial score (nSPS) is 10.6. The van der Waals surface area contributed by atoms with E-state index in [2.05, 4.69) is 15.4 Å². The number of tetrazole rings is 1.